The fraction of sp³-hybridized carbons (Fsp3) is 0.263. The molecule has 6 N–H and O–H groups in total. The summed E-state index contributed by atoms with van der Waals surface area (Å²) < 4.78 is 5.67. The van der Waals surface area contributed by atoms with Crippen molar-refractivity contribution in [2.45, 2.75) is 13.0 Å². The first-order valence-electron chi connectivity index (χ1n) is 8.62. The maximum atomic E-state index is 5.87. The Balaban J connectivity index is 1.83. The van der Waals surface area contributed by atoms with Gasteiger partial charge in [-0.3, -0.25) is 4.98 Å². The summed E-state index contributed by atoms with van der Waals surface area (Å²) in [6.07, 6.45) is 1.75. The summed E-state index contributed by atoms with van der Waals surface area (Å²) in [4.78, 5) is 6.43. The van der Waals surface area contributed by atoms with Gasteiger partial charge in [-0.25, -0.2) is 11.0 Å². The van der Waals surface area contributed by atoms with Gasteiger partial charge in [-0.05, 0) is 42.8 Å². The van der Waals surface area contributed by atoms with E-state index in [-0.39, 0.29) is 11.9 Å². The Bertz CT molecular complexity index is 861. The number of ether oxygens (including phenoxy) is 1. The molecule has 0 amide bonds. The second-order valence-electron chi connectivity index (χ2n) is 6.47. The minimum absolute atomic E-state index is 0.0204. The first kappa shape index (κ1) is 18.7. The van der Waals surface area contributed by atoms with Gasteiger partial charge in [-0.15, -0.1) is 5.10 Å². The molecule has 0 radical (unpaired) electrons. The van der Waals surface area contributed by atoms with Gasteiger partial charge in [-0.2, -0.15) is 0 Å². The van der Waals surface area contributed by atoms with E-state index in [0.717, 1.165) is 27.5 Å². The third-order valence-corrected chi connectivity index (χ3v) is 4.37. The maximum absolute atomic E-state index is 5.87. The molecule has 1 unspecified atom stereocenters. The van der Waals surface area contributed by atoms with Crippen molar-refractivity contribution in [1.29, 1.82) is 0 Å². The molecule has 1 aromatic carbocycles. The van der Waals surface area contributed by atoms with Crippen LogP contribution in [0.2, 0.25) is 0 Å². The standard InChI is InChI=1S/C19H25N7O/c1-12-8-14(5-7-18(12)26-11-16(9-20)27-13(26)2)15-4-6-17(23-10-15)19(21)24-25(3)22/h4-8,10,16H,2,9,11,20,22H2,1,3H3,(H2,21,24). The van der Waals surface area contributed by atoms with Crippen LogP contribution in [0.1, 0.15) is 11.3 Å². The maximum Gasteiger partial charge on any atom is 0.186 e. The number of rotatable bonds is 5. The van der Waals surface area contributed by atoms with Crippen molar-refractivity contribution in [3.63, 3.8) is 0 Å². The molecular weight excluding hydrogens is 342 g/mol. The molecule has 1 aromatic heterocycles. The molecule has 0 saturated carbocycles. The highest BCUT2D eigenvalue weighted by molar-refractivity contribution is 5.95. The van der Waals surface area contributed by atoms with Gasteiger partial charge in [-0.1, -0.05) is 12.1 Å². The Labute approximate surface area is 158 Å². The smallest absolute Gasteiger partial charge is 0.186 e. The van der Waals surface area contributed by atoms with E-state index in [1.54, 1.807) is 13.2 Å². The second-order valence-corrected chi connectivity index (χ2v) is 6.47. The lowest BCUT2D eigenvalue weighted by Gasteiger charge is -2.19. The average molecular weight is 367 g/mol. The van der Waals surface area contributed by atoms with E-state index < -0.39 is 0 Å². The van der Waals surface area contributed by atoms with E-state index in [0.29, 0.717) is 24.7 Å². The number of hydrazine groups is 1. The summed E-state index contributed by atoms with van der Waals surface area (Å²) >= 11 is 0. The molecule has 27 heavy (non-hydrogen) atoms. The number of aromatic nitrogens is 1. The van der Waals surface area contributed by atoms with Gasteiger partial charge in [0.05, 0.1) is 6.54 Å². The Morgan fingerprint density at radius 2 is 2.11 bits per heavy atom. The van der Waals surface area contributed by atoms with Crippen molar-refractivity contribution in [1.82, 2.24) is 10.1 Å². The molecule has 142 valence electrons. The monoisotopic (exact) mass is 367 g/mol. The molecule has 3 rings (SSSR count). The van der Waals surface area contributed by atoms with Gasteiger partial charge >= 0.3 is 0 Å². The van der Waals surface area contributed by atoms with Gasteiger partial charge in [0.2, 0.25) is 0 Å². The molecule has 1 saturated heterocycles. The molecule has 8 heteroatoms. The Morgan fingerprint density at radius 3 is 2.67 bits per heavy atom. The Hall–Kier alpha value is -3.10. The minimum Gasteiger partial charge on any atom is -0.473 e. The number of nitrogens with two attached hydrogens (primary N) is 3. The highest BCUT2D eigenvalue weighted by Gasteiger charge is 2.27. The largest absolute Gasteiger partial charge is 0.473 e. The number of amidine groups is 1. The number of nitrogens with zero attached hydrogens (tertiary/aromatic N) is 4. The van der Waals surface area contributed by atoms with Gasteiger partial charge in [0.15, 0.2) is 11.7 Å². The molecule has 0 spiro atoms. The molecule has 8 nitrogen and oxygen atoms in total. The van der Waals surface area contributed by atoms with Crippen molar-refractivity contribution >= 4 is 11.5 Å². The first-order valence-corrected chi connectivity index (χ1v) is 8.62. The molecule has 0 aliphatic carbocycles. The Morgan fingerprint density at radius 1 is 1.37 bits per heavy atom. The number of pyridine rings is 1. The molecule has 2 heterocycles. The van der Waals surface area contributed by atoms with Crippen molar-refractivity contribution < 1.29 is 4.74 Å². The third kappa shape index (κ3) is 4.02. The van der Waals surface area contributed by atoms with E-state index >= 15 is 0 Å². The summed E-state index contributed by atoms with van der Waals surface area (Å²) in [5, 5.41) is 5.10. The van der Waals surface area contributed by atoms with E-state index in [1.807, 2.05) is 18.2 Å². The van der Waals surface area contributed by atoms with Gasteiger partial charge in [0, 0.05) is 31.0 Å². The van der Waals surface area contributed by atoms with Crippen molar-refractivity contribution in [3.8, 4) is 11.1 Å². The lowest BCUT2D eigenvalue weighted by molar-refractivity contribution is 0.176. The first-order chi connectivity index (χ1) is 12.9. The van der Waals surface area contributed by atoms with Gasteiger partial charge in [0.1, 0.15) is 11.8 Å². The molecule has 1 fully saturated rings. The van der Waals surface area contributed by atoms with Crippen LogP contribution in [0.15, 0.2) is 54.1 Å². The predicted octanol–water partition coefficient (Wildman–Crippen LogP) is 1.12. The topological polar surface area (TPSA) is 119 Å². The third-order valence-electron chi connectivity index (χ3n) is 4.37. The van der Waals surface area contributed by atoms with Crippen LogP contribution in [0.25, 0.3) is 11.1 Å². The lowest BCUT2D eigenvalue weighted by atomic mass is 10.0. The average Bonchev–Trinajstić information content (AvgIpc) is 3.02. The van der Waals surface area contributed by atoms with Crippen LogP contribution in [0.3, 0.4) is 0 Å². The zero-order valence-corrected chi connectivity index (χ0v) is 15.6. The van der Waals surface area contributed by atoms with Crippen LogP contribution in [0.4, 0.5) is 5.69 Å². The van der Waals surface area contributed by atoms with Crippen LogP contribution >= 0.6 is 0 Å². The molecule has 1 aliphatic rings. The van der Waals surface area contributed by atoms with E-state index in [9.17, 15) is 0 Å². The molecular formula is C19H25N7O. The van der Waals surface area contributed by atoms with Crippen LogP contribution in [-0.2, 0) is 4.74 Å². The molecule has 2 aromatic rings. The predicted molar refractivity (Wildman–Crippen MR) is 107 cm³/mol. The molecule has 1 aliphatic heterocycles. The Kier molecular flexibility index (Phi) is 5.29. The SMILES string of the molecule is C=C1OC(CN)CN1c1ccc(-c2ccc(/C(N)=N/N(C)N)nc2)cc1C. The zero-order chi connectivity index (χ0) is 19.6. The van der Waals surface area contributed by atoms with Crippen LogP contribution in [0, 0.1) is 6.92 Å². The summed E-state index contributed by atoms with van der Waals surface area (Å²) in [6.45, 7) is 7.22. The fourth-order valence-corrected chi connectivity index (χ4v) is 3.03. The highest BCUT2D eigenvalue weighted by atomic mass is 16.5. The zero-order valence-electron chi connectivity index (χ0n) is 15.6. The summed E-state index contributed by atoms with van der Waals surface area (Å²) in [5.74, 6) is 6.37. The van der Waals surface area contributed by atoms with E-state index in [4.69, 9.17) is 22.0 Å². The number of hydrogen-bond donors (Lipinski definition) is 3. The quantitative estimate of drug-likeness (QED) is 0.313. The fourth-order valence-electron chi connectivity index (χ4n) is 3.03. The second kappa shape index (κ2) is 7.65. The van der Waals surface area contributed by atoms with Gasteiger partial charge < -0.3 is 21.1 Å². The van der Waals surface area contributed by atoms with E-state index in [1.165, 1.54) is 0 Å². The van der Waals surface area contributed by atoms with E-state index in [2.05, 4.69) is 40.6 Å². The van der Waals surface area contributed by atoms with Crippen molar-refractivity contribution in [2.75, 3.05) is 25.0 Å². The summed E-state index contributed by atoms with van der Waals surface area (Å²) in [6, 6.07) is 10.00. The number of hydrazone groups is 1. The van der Waals surface area contributed by atoms with Gasteiger partial charge in [0.25, 0.3) is 0 Å². The minimum atomic E-state index is -0.0204. The number of anilines is 1. The molecule has 1 atom stereocenters. The van der Waals surface area contributed by atoms with Crippen LogP contribution < -0.4 is 22.2 Å². The summed E-state index contributed by atoms with van der Waals surface area (Å²) in [5.41, 5.74) is 16.4. The van der Waals surface area contributed by atoms with Crippen molar-refractivity contribution in [2.24, 2.45) is 22.4 Å². The summed E-state index contributed by atoms with van der Waals surface area (Å²) in [7, 11) is 1.60. The lowest BCUT2D eigenvalue weighted by Crippen LogP contribution is -2.26. The number of benzene rings is 1. The molecule has 0 bridgehead atoms. The van der Waals surface area contributed by atoms with Crippen LogP contribution in [0.5, 0.6) is 0 Å². The van der Waals surface area contributed by atoms with Crippen LogP contribution in [-0.4, -0.2) is 42.2 Å². The normalized spacial score (nSPS) is 17.2. The highest BCUT2D eigenvalue weighted by Crippen LogP contribution is 2.32. The van der Waals surface area contributed by atoms with Crippen molar-refractivity contribution in [3.05, 3.63) is 60.2 Å². The number of hydrogen-bond acceptors (Lipinski definition) is 7. The number of aryl methyl sites for hydroxylation is 1.